The fraction of sp³-hybridized carbons (Fsp3) is 0.154. The van der Waals surface area contributed by atoms with Crippen LogP contribution in [-0.4, -0.2) is 62.0 Å². The number of carbonyl (C=O) groups is 4. The number of hydrogen-bond donors (Lipinski definition) is 5. The number of methoxy groups -OCH3 is 1. The normalized spacial score (nSPS) is 19.7. The molecule has 3 aliphatic carbocycles. The Morgan fingerprint density at radius 1 is 1.00 bits per heavy atom. The van der Waals surface area contributed by atoms with E-state index in [1.807, 2.05) is 0 Å². The molecule has 0 radical (unpaired) electrons. The van der Waals surface area contributed by atoms with E-state index in [1.165, 1.54) is 6.07 Å². The highest BCUT2D eigenvalue weighted by molar-refractivity contribution is 6.41. The monoisotopic (exact) mass is 550 g/mol. The van der Waals surface area contributed by atoms with Crippen LogP contribution in [0.1, 0.15) is 64.7 Å². The molecule has 0 saturated carbocycles. The topological polar surface area (TPSA) is 204 Å². The molecule has 0 unspecified atom stereocenters. The van der Waals surface area contributed by atoms with E-state index in [4.69, 9.17) is 21.5 Å². The average molecular weight is 551 g/mol. The number of nitrogens with zero attached hydrogens (tertiary/aromatic N) is 1. The summed E-state index contributed by atoms with van der Waals surface area (Å²) in [5, 5.41) is 44.8. The second kappa shape index (κ2) is 7.77. The number of oxime groups is 1. The van der Waals surface area contributed by atoms with Crippen molar-refractivity contribution in [3.8, 4) is 17.2 Å². The fourth-order valence-electron chi connectivity index (χ4n) is 5.93. The number of rotatable bonds is 2. The molecule has 0 saturated heterocycles. The number of fused-ring (bicyclic) bond motifs is 5. The molecule has 12 nitrogen and oxygen atoms in total. The zero-order valence-electron chi connectivity index (χ0n) is 19.7. The number of halogens is 1. The number of ketones is 4. The Morgan fingerprint density at radius 3 is 2.26 bits per heavy atom. The number of ether oxygens (including phenoxy) is 1. The van der Waals surface area contributed by atoms with Crippen molar-refractivity contribution < 1.29 is 44.4 Å². The molecule has 3 aromatic rings. The predicted molar refractivity (Wildman–Crippen MR) is 133 cm³/mol. The maximum Gasteiger partial charge on any atom is 0.260 e. The molecule has 0 amide bonds. The first kappa shape index (κ1) is 24.4. The van der Waals surface area contributed by atoms with Gasteiger partial charge in [0, 0.05) is 17.0 Å². The molecular weight excluding hydrogens is 536 g/mol. The molecule has 0 fully saturated rings. The number of aromatic nitrogens is 1. The van der Waals surface area contributed by atoms with Gasteiger partial charge in [-0.15, -0.1) is 0 Å². The highest BCUT2D eigenvalue weighted by Gasteiger charge is 2.62. The molecule has 3 aliphatic rings. The molecule has 0 bridgehead atoms. The summed E-state index contributed by atoms with van der Waals surface area (Å²) in [5.74, 6) is -7.12. The molecule has 1 heterocycles. The van der Waals surface area contributed by atoms with E-state index in [2.05, 4.69) is 10.1 Å². The molecule has 1 spiro atoms. The summed E-state index contributed by atoms with van der Waals surface area (Å²) in [4.78, 5) is 68.9. The number of allylic oxidation sites excluding steroid dienone is 2. The second-order valence-corrected chi connectivity index (χ2v) is 9.65. The van der Waals surface area contributed by atoms with Crippen LogP contribution in [0.25, 0.3) is 10.8 Å². The van der Waals surface area contributed by atoms with Gasteiger partial charge in [-0.3, -0.25) is 24.0 Å². The quantitative estimate of drug-likeness (QED) is 0.103. The second-order valence-electron chi connectivity index (χ2n) is 9.27. The summed E-state index contributed by atoms with van der Waals surface area (Å²) in [7, 11) is 1.11. The van der Waals surface area contributed by atoms with Gasteiger partial charge in [0.25, 0.3) is 5.56 Å². The number of H-pyrrole nitrogens is 1. The van der Waals surface area contributed by atoms with Crippen LogP contribution >= 0.6 is 11.6 Å². The van der Waals surface area contributed by atoms with E-state index >= 15 is 0 Å². The van der Waals surface area contributed by atoms with Crippen molar-refractivity contribution in [3.05, 3.63) is 72.4 Å². The number of Topliss-reactive ketones (excluding diaryl/α,β-unsaturated/α-hetero) is 3. The van der Waals surface area contributed by atoms with Crippen molar-refractivity contribution in [2.45, 2.75) is 18.3 Å². The molecule has 13 heteroatoms. The Balaban J connectivity index is 1.67. The Morgan fingerprint density at radius 2 is 1.64 bits per heavy atom. The van der Waals surface area contributed by atoms with Crippen molar-refractivity contribution in [1.29, 1.82) is 0 Å². The summed E-state index contributed by atoms with van der Waals surface area (Å²) in [5.41, 5.74) is -5.84. The minimum atomic E-state index is -2.21. The van der Waals surface area contributed by atoms with Gasteiger partial charge in [0.2, 0.25) is 5.78 Å². The molecule has 6 rings (SSSR count). The Labute approximate surface area is 221 Å². The zero-order chi connectivity index (χ0) is 28.1. The summed E-state index contributed by atoms with van der Waals surface area (Å²) in [6.07, 6.45) is 1.45. The lowest BCUT2D eigenvalue weighted by molar-refractivity contribution is 0.0790. The van der Waals surface area contributed by atoms with E-state index in [-0.39, 0.29) is 45.5 Å². The van der Waals surface area contributed by atoms with Crippen LogP contribution in [0.15, 0.2) is 27.9 Å². The van der Waals surface area contributed by atoms with Gasteiger partial charge in [0.15, 0.2) is 23.1 Å². The van der Waals surface area contributed by atoms with Gasteiger partial charge >= 0.3 is 0 Å². The van der Waals surface area contributed by atoms with Gasteiger partial charge in [-0.2, -0.15) is 0 Å². The highest BCUT2D eigenvalue weighted by atomic mass is 35.5. The van der Waals surface area contributed by atoms with E-state index in [0.717, 1.165) is 19.4 Å². The van der Waals surface area contributed by atoms with Gasteiger partial charge in [0.05, 0.1) is 51.7 Å². The van der Waals surface area contributed by atoms with Crippen molar-refractivity contribution >= 4 is 51.7 Å². The smallest absolute Gasteiger partial charge is 0.260 e. The third-order valence-electron chi connectivity index (χ3n) is 7.56. The first-order valence-electron chi connectivity index (χ1n) is 11.4. The van der Waals surface area contributed by atoms with E-state index in [0.29, 0.717) is 0 Å². The number of hydrogen-bond acceptors (Lipinski definition) is 11. The minimum Gasteiger partial charge on any atom is -0.507 e. The maximum absolute atomic E-state index is 14.0. The van der Waals surface area contributed by atoms with Crippen LogP contribution in [0, 0.1) is 0 Å². The van der Waals surface area contributed by atoms with Crippen LogP contribution in [0.2, 0.25) is 5.02 Å². The lowest BCUT2D eigenvalue weighted by atomic mass is 9.76. The third kappa shape index (κ3) is 2.73. The fourth-order valence-corrected chi connectivity index (χ4v) is 6.27. The van der Waals surface area contributed by atoms with Gasteiger partial charge in [-0.1, -0.05) is 16.8 Å². The Bertz CT molecular complexity index is 1900. The maximum atomic E-state index is 14.0. The van der Waals surface area contributed by atoms with Crippen LogP contribution in [0.5, 0.6) is 17.2 Å². The number of nitrogens with one attached hydrogen (secondary N) is 1. The van der Waals surface area contributed by atoms with Crippen LogP contribution < -0.4 is 5.56 Å². The van der Waals surface area contributed by atoms with E-state index < -0.39 is 79.4 Å². The number of carbonyl (C=O) groups excluding carboxylic acids is 4. The van der Waals surface area contributed by atoms with Crippen molar-refractivity contribution in [2.24, 2.45) is 5.16 Å². The summed E-state index contributed by atoms with van der Waals surface area (Å²) >= 11 is 6.61. The molecule has 39 heavy (non-hydrogen) atoms. The third-order valence-corrected chi connectivity index (χ3v) is 7.99. The number of phenolic OH excluding ortho intramolecular Hbond substituents is 3. The largest absolute Gasteiger partial charge is 0.507 e. The lowest BCUT2D eigenvalue weighted by Crippen LogP contribution is -2.36. The molecule has 0 aliphatic heterocycles. The van der Waals surface area contributed by atoms with Gasteiger partial charge in [0.1, 0.15) is 22.7 Å². The first-order valence-corrected chi connectivity index (χ1v) is 11.7. The van der Waals surface area contributed by atoms with Crippen molar-refractivity contribution in [3.63, 3.8) is 0 Å². The molecule has 2 aromatic carbocycles. The predicted octanol–water partition coefficient (Wildman–Crippen LogP) is 2.28. The van der Waals surface area contributed by atoms with E-state index in [9.17, 15) is 39.3 Å². The number of benzene rings is 2. The van der Waals surface area contributed by atoms with E-state index in [1.54, 1.807) is 0 Å². The number of phenols is 3. The first-order chi connectivity index (χ1) is 18.5. The van der Waals surface area contributed by atoms with Crippen molar-refractivity contribution in [1.82, 2.24) is 4.98 Å². The average Bonchev–Trinajstić information content (AvgIpc) is 3.40. The summed E-state index contributed by atoms with van der Waals surface area (Å²) < 4.78 is 4.88. The van der Waals surface area contributed by atoms with Gasteiger partial charge < -0.3 is 30.2 Å². The Hall–Kier alpha value is -4.97. The molecular formula is C26H15ClN2O10. The number of aromatic amines is 1. The van der Waals surface area contributed by atoms with Crippen molar-refractivity contribution in [2.75, 3.05) is 7.11 Å². The Kier molecular flexibility index (Phi) is 4.86. The SMILES string of the molecule is COC1=CC(=O)c2c(O)c3c(c(O)c2C1=O)C(=O)[C@]1(CCc2c1c(O)c1c(=O)[nH]c(C=NO)cc1c2Cl)C3=O. The van der Waals surface area contributed by atoms with Gasteiger partial charge in [-0.25, -0.2) is 0 Å². The van der Waals surface area contributed by atoms with Crippen LogP contribution in [-0.2, 0) is 16.6 Å². The zero-order valence-corrected chi connectivity index (χ0v) is 20.5. The minimum absolute atomic E-state index is 0.0200. The molecule has 1 aromatic heterocycles. The lowest BCUT2D eigenvalue weighted by Gasteiger charge is -2.23. The molecule has 196 valence electrons. The van der Waals surface area contributed by atoms with Gasteiger partial charge in [-0.05, 0) is 24.5 Å². The summed E-state index contributed by atoms with van der Waals surface area (Å²) in [6, 6.07) is 1.33. The number of aromatic hydroxyl groups is 3. The molecule has 1 atom stereocenters. The van der Waals surface area contributed by atoms with Crippen LogP contribution in [0.3, 0.4) is 0 Å². The summed E-state index contributed by atoms with van der Waals surface area (Å²) in [6.45, 7) is 0. The molecule has 5 N–H and O–H groups in total. The number of pyridine rings is 1. The van der Waals surface area contributed by atoms with Crippen LogP contribution in [0.4, 0.5) is 0 Å². The highest BCUT2D eigenvalue weighted by Crippen LogP contribution is 2.58. The standard InChI is InChI=1S/C26H15ClN2O10/c1-39-11-5-10(30)13-14(19(11)31)21(33)16-15(20(13)32)23(35)26(24(16)36)3-2-8-17(26)22(34)12-9(18(8)27)4-7(6-28-38)29-25(12)37/h4-6,32-34,38H,2-3H2,1H3,(H,29,37)/t26-/m0/s1.